The highest BCUT2D eigenvalue weighted by Gasteiger charge is 2.10. The summed E-state index contributed by atoms with van der Waals surface area (Å²) in [5.74, 6) is 5.81. The first-order chi connectivity index (χ1) is 5.56. The molecule has 0 radical (unpaired) electrons. The van der Waals surface area contributed by atoms with Crippen LogP contribution in [0.5, 0.6) is 0 Å². The lowest BCUT2D eigenvalue weighted by Gasteiger charge is -2.16. The number of nitrogens with one attached hydrogen (secondary N) is 1. The minimum atomic E-state index is -0.552. The molecule has 2 nitrogen and oxygen atoms in total. The molecule has 0 aliphatic carbocycles. The fourth-order valence-corrected chi connectivity index (χ4v) is 0.795. The van der Waals surface area contributed by atoms with Crippen LogP contribution in [0, 0.1) is 11.8 Å². The second kappa shape index (κ2) is 6.05. The van der Waals surface area contributed by atoms with Gasteiger partial charge in [0.15, 0.2) is 0 Å². The van der Waals surface area contributed by atoms with E-state index in [-0.39, 0.29) is 0 Å². The molecule has 70 valence electrons. The standard InChI is InChI=1S/C10H19NO/c1-4-5-6-8-11-9-7-10(2,3)12/h11-12H,6-9H2,1-3H3. The van der Waals surface area contributed by atoms with Gasteiger partial charge in [0.1, 0.15) is 0 Å². The second-order valence-corrected chi connectivity index (χ2v) is 3.49. The smallest absolute Gasteiger partial charge is 0.0603 e. The minimum absolute atomic E-state index is 0.552. The summed E-state index contributed by atoms with van der Waals surface area (Å²) in [4.78, 5) is 0. The normalized spacial score (nSPS) is 10.7. The Kier molecular flexibility index (Phi) is 5.79. The van der Waals surface area contributed by atoms with E-state index in [1.807, 2.05) is 20.8 Å². The predicted octanol–water partition coefficient (Wildman–Crippen LogP) is 1.15. The van der Waals surface area contributed by atoms with E-state index in [1.165, 1.54) is 0 Å². The maximum absolute atomic E-state index is 9.35. The fourth-order valence-electron chi connectivity index (χ4n) is 0.795. The van der Waals surface area contributed by atoms with E-state index < -0.39 is 5.60 Å². The molecular weight excluding hydrogens is 150 g/mol. The van der Waals surface area contributed by atoms with Gasteiger partial charge in [0.05, 0.1) is 5.60 Å². The average Bonchev–Trinajstić information content (AvgIpc) is 1.94. The molecule has 0 saturated heterocycles. The summed E-state index contributed by atoms with van der Waals surface area (Å²) in [7, 11) is 0. The van der Waals surface area contributed by atoms with Crippen molar-refractivity contribution in [1.29, 1.82) is 0 Å². The SMILES string of the molecule is CC#CCCNCCC(C)(C)O. The summed E-state index contributed by atoms with van der Waals surface area (Å²) in [6, 6.07) is 0. The van der Waals surface area contributed by atoms with Crippen LogP contribution >= 0.6 is 0 Å². The number of aliphatic hydroxyl groups is 1. The van der Waals surface area contributed by atoms with Crippen LogP contribution in [0.4, 0.5) is 0 Å². The largest absolute Gasteiger partial charge is 0.390 e. The molecule has 0 bridgehead atoms. The van der Waals surface area contributed by atoms with E-state index in [0.717, 1.165) is 25.9 Å². The summed E-state index contributed by atoms with van der Waals surface area (Å²) >= 11 is 0. The fraction of sp³-hybridized carbons (Fsp3) is 0.800. The van der Waals surface area contributed by atoms with Crippen LogP contribution in [-0.4, -0.2) is 23.8 Å². The van der Waals surface area contributed by atoms with E-state index in [2.05, 4.69) is 17.2 Å². The van der Waals surface area contributed by atoms with Gasteiger partial charge in [-0.15, -0.1) is 11.8 Å². The summed E-state index contributed by atoms with van der Waals surface area (Å²) in [6.07, 6.45) is 1.68. The molecule has 0 spiro atoms. The quantitative estimate of drug-likeness (QED) is 0.478. The second-order valence-electron chi connectivity index (χ2n) is 3.49. The number of hydrogen-bond acceptors (Lipinski definition) is 2. The first kappa shape index (κ1) is 11.5. The minimum Gasteiger partial charge on any atom is -0.390 e. The van der Waals surface area contributed by atoms with Gasteiger partial charge in [-0.25, -0.2) is 0 Å². The molecule has 0 rings (SSSR count). The maximum atomic E-state index is 9.35. The molecule has 0 fully saturated rings. The molecule has 0 aromatic carbocycles. The molecule has 12 heavy (non-hydrogen) atoms. The zero-order chi connectivity index (χ0) is 9.45. The van der Waals surface area contributed by atoms with Crippen molar-refractivity contribution in [1.82, 2.24) is 5.32 Å². The summed E-state index contributed by atoms with van der Waals surface area (Å²) in [5, 5.41) is 12.6. The van der Waals surface area contributed by atoms with Crippen LogP contribution in [0.3, 0.4) is 0 Å². The van der Waals surface area contributed by atoms with E-state index >= 15 is 0 Å². The molecule has 0 heterocycles. The van der Waals surface area contributed by atoms with E-state index in [1.54, 1.807) is 0 Å². The molecule has 2 N–H and O–H groups in total. The Morgan fingerprint density at radius 2 is 2.00 bits per heavy atom. The molecule has 0 amide bonds. The Hall–Kier alpha value is -0.520. The molecular formula is C10H19NO. The topological polar surface area (TPSA) is 32.3 Å². The molecule has 2 heteroatoms. The third kappa shape index (κ3) is 9.48. The van der Waals surface area contributed by atoms with Crippen LogP contribution in [0.25, 0.3) is 0 Å². The highest BCUT2D eigenvalue weighted by Crippen LogP contribution is 2.04. The van der Waals surface area contributed by atoms with Crippen molar-refractivity contribution < 1.29 is 5.11 Å². The van der Waals surface area contributed by atoms with Gasteiger partial charge in [-0.3, -0.25) is 0 Å². The van der Waals surface area contributed by atoms with Crippen LogP contribution in [-0.2, 0) is 0 Å². The van der Waals surface area contributed by atoms with Gasteiger partial charge in [0.25, 0.3) is 0 Å². The van der Waals surface area contributed by atoms with Crippen LogP contribution in [0.1, 0.15) is 33.6 Å². The third-order valence-corrected chi connectivity index (χ3v) is 1.52. The summed E-state index contributed by atoms with van der Waals surface area (Å²) in [5.41, 5.74) is -0.552. The van der Waals surface area contributed by atoms with Gasteiger partial charge in [-0.05, 0) is 33.7 Å². The zero-order valence-electron chi connectivity index (χ0n) is 8.28. The van der Waals surface area contributed by atoms with Crippen molar-refractivity contribution in [3.8, 4) is 11.8 Å². The highest BCUT2D eigenvalue weighted by atomic mass is 16.3. The summed E-state index contributed by atoms with van der Waals surface area (Å²) < 4.78 is 0. The third-order valence-electron chi connectivity index (χ3n) is 1.52. The lowest BCUT2D eigenvalue weighted by atomic mass is 10.1. The summed E-state index contributed by atoms with van der Waals surface area (Å²) in [6.45, 7) is 7.25. The van der Waals surface area contributed by atoms with Gasteiger partial charge in [0.2, 0.25) is 0 Å². The molecule has 0 saturated carbocycles. The van der Waals surface area contributed by atoms with Crippen molar-refractivity contribution in [2.24, 2.45) is 0 Å². The van der Waals surface area contributed by atoms with Crippen LogP contribution < -0.4 is 5.32 Å². The van der Waals surface area contributed by atoms with Crippen molar-refractivity contribution in [3.05, 3.63) is 0 Å². The molecule has 0 aliphatic rings. The Balaban J connectivity index is 3.15. The first-order valence-electron chi connectivity index (χ1n) is 4.39. The van der Waals surface area contributed by atoms with Gasteiger partial charge < -0.3 is 10.4 Å². The Morgan fingerprint density at radius 3 is 2.50 bits per heavy atom. The molecule has 0 aromatic rings. The van der Waals surface area contributed by atoms with E-state index in [9.17, 15) is 5.11 Å². The number of hydrogen-bond donors (Lipinski definition) is 2. The molecule has 0 aliphatic heterocycles. The van der Waals surface area contributed by atoms with Crippen molar-refractivity contribution in [2.75, 3.05) is 13.1 Å². The van der Waals surface area contributed by atoms with Crippen LogP contribution in [0.15, 0.2) is 0 Å². The molecule has 0 aromatic heterocycles. The van der Waals surface area contributed by atoms with Crippen molar-refractivity contribution in [2.45, 2.75) is 39.2 Å². The lowest BCUT2D eigenvalue weighted by Crippen LogP contribution is -2.27. The first-order valence-corrected chi connectivity index (χ1v) is 4.39. The number of rotatable bonds is 5. The lowest BCUT2D eigenvalue weighted by molar-refractivity contribution is 0.0713. The Labute approximate surface area is 75.4 Å². The average molecular weight is 169 g/mol. The highest BCUT2D eigenvalue weighted by molar-refractivity contribution is 4.95. The van der Waals surface area contributed by atoms with Gasteiger partial charge >= 0.3 is 0 Å². The Morgan fingerprint density at radius 1 is 1.33 bits per heavy atom. The van der Waals surface area contributed by atoms with Gasteiger partial charge in [0, 0.05) is 13.0 Å². The molecule has 0 atom stereocenters. The van der Waals surface area contributed by atoms with Crippen molar-refractivity contribution >= 4 is 0 Å². The zero-order valence-corrected chi connectivity index (χ0v) is 8.28. The van der Waals surface area contributed by atoms with Crippen LogP contribution in [0.2, 0.25) is 0 Å². The maximum Gasteiger partial charge on any atom is 0.0603 e. The monoisotopic (exact) mass is 169 g/mol. The van der Waals surface area contributed by atoms with E-state index in [4.69, 9.17) is 0 Å². The molecule has 0 unspecified atom stereocenters. The van der Waals surface area contributed by atoms with E-state index in [0.29, 0.717) is 0 Å². The van der Waals surface area contributed by atoms with Gasteiger partial charge in [-0.1, -0.05) is 0 Å². The predicted molar refractivity (Wildman–Crippen MR) is 51.9 cm³/mol. The van der Waals surface area contributed by atoms with Gasteiger partial charge in [-0.2, -0.15) is 0 Å². The van der Waals surface area contributed by atoms with Crippen molar-refractivity contribution in [3.63, 3.8) is 0 Å². The Bertz CT molecular complexity index is 159.